The Morgan fingerprint density at radius 2 is 1.71 bits per heavy atom. The average molecular weight is 310 g/mol. The van der Waals surface area contributed by atoms with Crippen LogP contribution in [0.15, 0.2) is 30.3 Å². The quantitative estimate of drug-likeness (QED) is 0.819. The van der Waals surface area contributed by atoms with Crippen LogP contribution < -0.4 is 0 Å². The van der Waals surface area contributed by atoms with Gasteiger partial charge < -0.3 is 4.90 Å². The van der Waals surface area contributed by atoms with Crippen LogP contribution in [0.3, 0.4) is 0 Å². The van der Waals surface area contributed by atoms with Crippen molar-refractivity contribution in [2.45, 2.75) is 19.8 Å². The first-order valence-corrected chi connectivity index (χ1v) is 8.93. The molecule has 2 rings (SSSR count). The Morgan fingerprint density at radius 1 is 1.10 bits per heavy atom. The molecule has 1 aliphatic rings. The van der Waals surface area contributed by atoms with Crippen LogP contribution in [0, 0.1) is 0 Å². The molecule has 116 valence electrons. The van der Waals surface area contributed by atoms with Crippen LogP contribution in [0.4, 0.5) is 0 Å². The van der Waals surface area contributed by atoms with Crippen molar-refractivity contribution in [1.82, 2.24) is 9.21 Å². The molecular formula is C15H22N2O3S. The zero-order chi connectivity index (χ0) is 15.3. The minimum Gasteiger partial charge on any atom is -0.340 e. The smallest absolute Gasteiger partial charge is 0.222 e. The van der Waals surface area contributed by atoms with E-state index in [1.165, 1.54) is 4.31 Å². The van der Waals surface area contributed by atoms with Gasteiger partial charge >= 0.3 is 0 Å². The average Bonchev–Trinajstić information content (AvgIpc) is 2.53. The normalized spacial score (nSPS) is 16.9. The summed E-state index contributed by atoms with van der Waals surface area (Å²) in [5.41, 5.74) is 1.15. The van der Waals surface area contributed by atoms with Crippen LogP contribution in [0.5, 0.6) is 0 Å². The fourth-order valence-corrected chi connectivity index (χ4v) is 3.54. The third kappa shape index (κ3) is 4.28. The molecule has 0 unspecified atom stereocenters. The summed E-state index contributed by atoms with van der Waals surface area (Å²) in [5.74, 6) is 0.224. The Hall–Kier alpha value is -1.40. The van der Waals surface area contributed by atoms with Gasteiger partial charge in [-0.15, -0.1) is 0 Å². The Labute approximate surface area is 126 Å². The van der Waals surface area contributed by atoms with E-state index in [0.29, 0.717) is 32.6 Å². The number of aryl methyl sites for hydroxylation is 1. The van der Waals surface area contributed by atoms with Crippen molar-refractivity contribution in [3.8, 4) is 0 Å². The van der Waals surface area contributed by atoms with Crippen molar-refractivity contribution in [3.63, 3.8) is 0 Å². The number of carbonyl (C=O) groups excluding carboxylic acids is 1. The Morgan fingerprint density at radius 3 is 2.29 bits per heavy atom. The van der Waals surface area contributed by atoms with Crippen molar-refractivity contribution in [2.24, 2.45) is 0 Å². The zero-order valence-corrected chi connectivity index (χ0v) is 13.2. The number of sulfonamides is 1. The molecule has 0 aliphatic carbocycles. The highest BCUT2D eigenvalue weighted by Gasteiger charge is 2.27. The predicted molar refractivity (Wildman–Crippen MR) is 82.4 cm³/mol. The predicted octanol–water partition coefficient (Wildman–Crippen LogP) is 1.11. The van der Waals surface area contributed by atoms with Gasteiger partial charge in [-0.3, -0.25) is 4.79 Å². The summed E-state index contributed by atoms with van der Waals surface area (Å²) in [6.45, 7) is 3.45. The number of benzene rings is 1. The second kappa shape index (κ2) is 7.04. The van der Waals surface area contributed by atoms with Crippen molar-refractivity contribution in [3.05, 3.63) is 35.9 Å². The molecular weight excluding hydrogens is 288 g/mol. The summed E-state index contributed by atoms with van der Waals surface area (Å²) in [4.78, 5) is 13.9. The summed E-state index contributed by atoms with van der Waals surface area (Å²) < 4.78 is 25.0. The Bertz CT molecular complexity index is 564. The number of amides is 1. The van der Waals surface area contributed by atoms with E-state index in [-0.39, 0.29) is 11.7 Å². The molecule has 0 bridgehead atoms. The maximum absolute atomic E-state index is 12.2. The van der Waals surface area contributed by atoms with Crippen molar-refractivity contribution < 1.29 is 13.2 Å². The van der Waals surface area contributed by atoms with E-state index in [9.17, 15) is 13.2 Å². The monoisotopic (exact) mass is 310 g/mol. The lowest BCUT2D eigenvalue weighted by Crippen LogP contribution is -2.50. The summed E-state index contributed by atoms with van der Waals surface area (Å²) >= 11 is 0. The highest BCUT2D eigenvalue weighted by Crippen LogP contribution is 2.10. The highest BCUT2D eigenvalue weighted by molar-refractivity contribution is 7.89. The summed E-state index contributed by atoms with van der Waals surface area (Å²) in [6, 6.07) is 9.92. The van der Waals surface area contributed by atoms with Gasteiger partial charge in [0.15, 0.2) is 0 Å². The van der Waals surface area contributed by atoms with Crippen LogP contribution in [0.1, 0.15) is 18.9 Å². The van der Waals surface area contributed by atoms with Gasteiger partial charge in [-0.1, -0.05) is 30.3 Å². The topological polar surface area (TPSA) is 57.7 Å². The van der Waals surface area contributed by atoms with Crippen LogP contribution in [0.2, 0.25) is 0 Å². The van der Waals surface area contributed by atoms with Crippen LogP contribution >= 0.6 is 0 Å². The van der Waals surface area contributed by atoms with Crippen molar-refractivity contribution >= 4 is 15.9 Å². The van der Waals surface area contributed by atoms with Gasteiger partial charge in [0.05, 0.1) is 5.75 Å². The number of hydrogen-bond donors (Lipinski definition) is 0. The molecule has 5 nitrogen and oxygen atoms in total. The largest absolute Gasteiger partial charge is 0.340 e. The third-order valence-electron chi connectivity index (χ3n) is 3.82. The van der Waals surface area contributed by atoms with E-state index in [2.05, 4.69) is 0 Å². The molecule has 0 atom stereocenters. The third-order valence-corrected chi connectivity index (χ3v) is 5.70. The molecule has 1 aromatic carbocycles. The van der Waals surface area contributed by atoms with E-state index < -0.39 is 10.0 Å². The Kier molecular flexibility index (Phi) is 5.36. The summed E-state index contributed by atoms with van der Waals surface area (Å²) in [7, 11) is -3.13. The number of nitrogens with zero attached hydrogens (tertiary/aromatic N) is 2. The molecule has 0 aromatic heterocycles. The first-order valence-electron chi connectivity index (χ1n) is 7.32. The van der Waals surface area contributed by atoms with E-state index in [0.717, 1.165) is 12.0 Å². The molecule has 1 aromatic rings. The first kappa shape index (κ1) is 16.0. The van der Waals surface area contributed by atoms with E-state index in [1.54, 1.807) is 11.8 Å². The van der Waals surface area contributed by atoms with Gasteiger partial charge in [0.1, 0.15) is 0 Å². The minimum atomic E-state index is -3.13. The van der Waals surface area contributed by atoms with Crippen LogP contribution in [-0.2, 0) is 21.2 Å². The Balaban J connectivity index is 1.81. The van der Waals surface area contributed by atoms with E-state index in [1.807, 2.05) is 30.3 Å². The molecule has 21 heavy (non-hydrogen) atoms. The number of piperazine rings is 1. The van der Waals surface area contributed by atoms with E-state index >= 15 is 0 Å². The van der Waals surface area contributed by atoms with Gasteiger partial charge in [-0.2, -0.15) is 4.31 Å². The van der Waals surface area contributed by atoms with Gasteiger partial charge in [0.2, 0.25) is 15.9 Å². The molecule has 1 amide bonds. The molecule has 0 N–H and O–H groups in total. The summed E-state index contributed by atoms with van der Waals surface area (Å²) in [6.07, 6.45) is 1.21. The van der Waals surface area contributed by atoms with Gasteiger partial charge in [-0.05, 0) is 18.9 Å². The fraction of sp³-hybridized carbons (Fsp3) is 0.533. The fourth-order valence-electron chi connectivity index (χ4n) is 2.45. The molecule has 1 heterocycles. The van der Waals surface area contributed by atoms with Gasteiger partial charge in [0.25, 0.3) is 0 Å². The number of rotatable bonds is 5. The standard InChI is InChI=1S/C15H22N2O3S/c1-2-21(19,20)17-12-10-16(11-13-17)15(18)9-8-14-6-4-3-5-7-14/h3-7H,2,8-13H2,1H3. The second-order valence-electron chi connectivity index (χ2n) is 5.17. The number of carbonyl (C=O) groups is 1. The first-order chi connectivity index (χ1) is 10.0. The van der Waals surface area contributed by atoms with Gasteiger partial charge in [-0.25, -0.2) is 8.42 Å². The molecule has 0 radical (unpaired) electrons. The maximum atomic E-state index is 12.2. The van der Waals surface area contributed by atoms with E-state index in [4.69, 9.17) is 0 Å². The van der Waals surface area contributed by atoms with Crippen LogP contribution in [0.25, 0.3) is 0 Å². The second-order valence-corrected chi connectivity index (χ2v) is 7.42. The highest BCUT2D eigenvalue weighted by atomic mass is 32.2. The number of hydrogen-bond acceptors (Lipinski definition) is 3. The zero-order valence-electron chi connectivity index (χ0n) is 12.4. The summed E-state index contributed by atoms with van der Waals surface area (Å²) in [5, 5.41) is 0. The van der Waals surface area contributed by atoms with Gasteiger partial charge in [0, 0.05) is 32.6 Å². The lowest BCUT2D eigenvalue weighted by Gasteiger charge is -2.33. The molecule has 1 fully saturated rings. The molecule has 1 aliphatic heterocycles. The molecule has 6 heteroatoms. The minimum absolute atomic E-state index is 0.104. The molecule has 0 spiro atoms. The maximum Gasteiger partial charge on any atom is 0.222 e. The lowest BCUT2D eigenvalue weighted by atomic mass is 10.1. The molecule has 1 saturated heterocycles. The SMILES string of the molecule is CCS(=O)(=O)N1CCN(C(=O)CCc2ccccc2)CC1. The van der Waals surface area contributed by atoms with Crippen molar-refractivity contribution in [2.75, 3.05) is 31.9 Å². The van der Waals surface area contributed by atoms with Crippen LogP contribution in [-0.4, -0.2) is 55.5 Å². The lowest BCUT2D eigenvalue weighted by molar-refractivity contribution is -0.132. The van der Waals surface area contributed by atoms with Crippen molar-refractivity contribution in [1.29, 1.82) is 0 Å². The molecule has 0 saturated carbocycles.